The number of hydrogen-bond acceptors (Lipinski definition) is 4. The predicted octanol–water partition coefficient (Wildman–Crippen LogP) is 3.91. The van der Waals surface area contributed by atoms with Gasteiger partial charge in [0.2, 0.25) is 0 Å². The van der Waals surface area contributed by atoms with Crippen molar-refractivity contribution >= 4 is 16.7 Å². The standard InChI is InChI=1S/C16H12F3N3O/c1-23-11-4-2-3-9(7-11)15-21-13-8-10(16(17,18)19)5-6-12(13)14(20)22-15/h2-8H,1H3,(H2,20,21,22). The zero-order valence-electron chi connectivity index (χ0n) is 12.1. The fourth-order valence-electron chi connectivity index (χ4n) is 2.22. The maximum atomic E-state index is 12.8. The van der Waals surface area contributed by atoms with Crippen molar-refractivity contribution in [3.8, 4) is 17.1 Å². The summed E-state index contributed by atoms with van der Waals surface area (Å²) in [5, 5.41) is 0.379. The lowest BCUT2D eigenvalue weighted by molar-refractivity contribution is -0.137. The number of ether oxygens (including phenoxy) is 1. The van der Waals surface area contributed by atoms with E-state index in [-0.39, 0.29) is 17.2 Å². The number of methoxy groups -OCH3 is 1. The van der Waals surface area contributed by atoms with E-state index in [0.29, 0.717) is 16.7 Å². The average molecular weight is 319 g/mol. The van der Waals surface area contributed by atoms with Crippen LogP contribution in [0.15, 0.2) is 42.5 Å². The first-order valence-electron chi connectivity index (χ1n) is 6.67. The number of halogens is 3. The van der Waals surface area contributed by atoms with E-state index in [1.807, 2.05) is 0 Å². The quantitative estimate of drug-likeness (QED) is 0.778. The highest BCUT2D eigenvalue weighted by atomic mass is 19.4. The second kappa shape index (κ2) is 5.42. The van der Waals surface area contributed by atoms with Crippen LogP contribution in [0.4, 0.5) is 19.0 Å². The Hall–Kier alpha value is -2.83. The van der Waals surface area contributed by atoms with E-state index in [0.717, 1.165) is 12.1 Å². The van der Waals surface area contributed by atoms with Gasteiger partial charge in [0.1, 0.15) is 11.6 Å². The van der Waals surface area contributed by atoms with Gasteiger partial charge in [-0.15, -0.1) is 0 Å². The van der Waals surface area contributed by atoms with Crippen molar-refractivity contribution in [2.24, 2.45) is 0 Å². The van der Waals surface area contributed by atoms with Crippen molar-refractivity contribution in [1.82, 2.24) is 9.97 Å². The third-order valence-electron chi connectivity index (χ3n) is 3.38. The van der Waals surface area contributed by atoms with E-state index in [1.165, 1.54) is 13.2 Å². The van der Waals surface area contributed by atoms with Crippen LogP contribution in [0.5, 0.6) is 5.75 Å². The number of nitrogens with zero attached hydrogens (tertiary/aromatic N) is 2. The van der Waals surface area contributed by atoms with Crippen LogP contribution < -0.4 is 10.5 Å². The van der Waals surface area contributed by atoms with E-state index in [4.69, 9.17) is 10.5 Å². The summed E-state index contributed by atoms with van der Waals surface area (Å²) in [5.41, 5.74) is 5.83. The molecule has 7 heteroatoms. The van der Waals surface area contributed by atoms with Crippen LogP contribution in [-0.4, -0.2) is 17.1 Å². The highest BCUT2D eigenvalue weighted by Crippen LogP contribution is 2.33. The van der Waals surface area contributed by atoms with Gasteiger partial charge in [0.25, 0.3) is 0 Å². The fraction of sp³-hybridized carbons (Fsp3) is 0.125. The van der Waals surface area contributed by atoms with Gasteiger partial charge < -0.3 is 10.5 Å². The Morgan fingerprint density at radius 3 is 2.52 bits per heavy atom. The molecule has 0 fully saturated rings. The molecule has 0 radical (unpaired) electrons. The molecule has 1 aromatic heterocycles. The summed E-state index contributed by atoms with van der Waals surface area (Å²) >= 11 is 0. The molecule has 0 unspecified atom stereocenters. The lowest BCUT2D eigenvalue weighted by Gasteiger charge is -2.10. The van der Waals surface area contributed by atoms with Gasteiger partial charge >= 0.3 is 6.18 Å². The minimum atomic E-state index is -4.44. The van der Waals surface area contributed by atoms with Gasteiger partial charge in [-0.2, -0.15) is 13.2 Å². The molecule has 3 rings (SSSR count). The van der Waals surface area contributed by atoms with Crippen LogP contribution in [0.3, 0.4) is 0 Å². The third kappa shape index (κ3) is 2.90. The molecule has 0 saturated heterocycles. The number of aromatic nitrogens is 2. The minimum absolute atomic E-state index is 0.126. The van der Waals surface area contributed by atoms with Crippen molar-refractivity contribution in [1.29, 1.82) is 0 Å². The molecular weight excluding hydrogens is 307 g/mol. The Balaban J connectivity index is 2.18. The van der Waals surface area contributed by atoms with Gasteiger partial charge in [-0.3, -0.25) is 0 Å². The first kappa shape index (κ1) is 15.1. The van der Waals surface area contributed by atoms with Crippen molar-refractivity contribution in [2.75, 3.05) is 12.8 Å². The van der Waals surface area contributed by atoms with E-state index in [2.05, 4.69) is 9.97 Å². The van der Waals surface area contributed by atoms with Gasteiger partial charge in [0.15, 0.2) is 5.82 Å². The Kier molecular flexibility index (Phi) is 3.55. The Labute approximate surface area is 129 Å². The number of fused-ring (bicyclic) bond motifs is 1. The molecular formula is C16H12F3N3O. The second-order valence-corrected chi connectivity index (χ2v) is 4.89. The molecule has 0 aliphatic heterocycles. The summed E-state index contributed by atoms with van der Waals surface area (Å²) < 4.78 is 43.7. The lowest BCUT2D eigenvalue weighted by atomic mass is 10.1. The SMILES string of the molecule is COc1cccc(-c2nc(N)c3ccc(C(F)(F)F)cc3n2)c1. The minimum Gasteiger partial charge on any atom is -0.497 e. The topological polar surface area (TPSA) is 61.0 Å². The van der Waals surface area contributed by atoms with E-state index >= 15 is 0 Å². The Morgan fingerprint density at radius 1 is 1.04 bits per heavy atom. The smallest absolute Gasteiger partial charge is 0.416 e. The number of rotatable bonds is 2. The summed E-state index contributed by atoms with van der Waals surface area (Å²) in [6.07, 6.45) is -4.44. The van der Waals surface area contributed by atoms with Gasteiger partial charge in [-0.25, -0.2) is 9.97 Å². The molecule has 3 aromatic rings. The normalized spacial score (nSPS) is 11.7. The Bertz CT molecular complexity index is 878. The number of anilines is 1. The molecule has 2 N–H and O–H groups in total. The Morgan fingerprint density at radius 2 is 1.83 bits per heavy atom. The van der Waals surface area contributed by atoms with Crippen LogP contribution in [0.25, 0.3) is 22.3 Å². The number of nitrogens with two attached hydrogens (primary N) is 1. The van der Waals surface area contributed by atoms with Gasteiger partial charge in [0.05, 0.1) is 18.2 Å². The van der Waals surface area contributed by atoms with Gasteiger partial charge in [-0.1, -0.05) is 12.1 Å². The lowest BCUT2D eigenvalue weighted by Crippen LogP contribution is -2.05. The zero-order valence-corrected chi connectivity index (χ0v) is 12.1. The molecule has 0 saturated carbocycles. The molecule has 1 heterocycles. The summed E-state index contributed by atoms with van der Waals surface area (Å²) in [6, 6.07) is 10.1. The zero-order chi connectivity index (χ0) is 16.6. The maximum absolute atomic E-state index is 12.8. The summed E-state index contributed by atoms with van der Waals surface area (Å²) in [5.74, 6) is 0.962. The molecule has 0 bridgehead atoms. The largest absolute Gasteiger partial charge is 0.497 e. The van der Waals surface area contributed by atoms with Crippen molar-refractivity contribution in [3.05, 3.63) is 48.0 Å². The summed E-state index contributed by atoms with van der Waals surface area (Å²) in [6.45, 7) is 0. The van der Waals surface area contributed by atoms with E-state index in [9.17, 15) is 13.2 Å². The summed E-state index contributed by atoms with van der Waals surface area (Å²) in [7, 11) is 1.52. The number of benzene rings is 2. The maximum Gasteiger partial charge on any atom is 0.416 e. The van der Waals surface area contributed by atoms with Crippen LogP contribution >= 0.6 is 0 Å². The molecule has 118 valence electrons. The van der Waals surface area contributed by atoms with Crippen molar-refractivity contribution in [3.63, 3.8) is 0 Å². The average Bonchev–Trinajstić information content (AvgIpc) is 2.53. The van der Waals surface area contributed by atoms with Crippen LogP contribution in [0, 0.1) is 0 Å². The van der Waals surface area contributed by atoms with Crippen molar-refractivity contribution < 1.29 is 17.9 Å². The van der Waals surface area contributed by atoms with Gasteiger partial charge in [0, 0.05) is 10.9 Å². The first-order chi connectivity index (χ1) is 10.9. The third-order valence-corrected chi connectivity index (χ3v) is 3.38. The second-order valence-electron chi connectivity index (χ2n) is 4.89. The molecule has 23 heavy (non-hydrogen) atoms. The molecule has 0 amide bonds. The van der Waals surface area contributed by atoms with Crippen LogP contribution in [0.2, 0.25) is 0 Å². The number of nitrogen functional groups attached to an aromatic ring is 1. The molecule has 0 aliphatic carbocycles. The van der Waals surface area contributed by atoms with Gasteiger partial charge in [-0.05, 0) is 30.3 Å². The van der Waals surface area contributed by atoms with E-state index < -0.39 is 11.7 Å². The first-order valence-corrected chi connectivity index (χ1v) is 6.67. The summed E-state index contributed by atoms with van der Waals surface area (Å²) in [4.78, 5) is 8.38. The molecule has 0 aliphatic rings. The monoisotopic (exact) mass is 319 g/mol. The molecule has 4 nitrogen and oxygen atoms in total. The van der Waals surface area contributed by atoms with Crippen LogP contribution in [0.1, 0.15) is 5.56 Å². The van der Waals surface area contributed by atoms with E-state index in [1.54, 1.807) is 24.3 Å². The highest BCUT2D eigenvalue weighted by molar-refractivity contribution is 5.90. The molecule has 2 aromatic carbocycles. The van der Waals surface area contributed by atoms with Crippen molar-refractivity contribution in [2.45, 2.75) is 6.18 Å². The highest BCUT2D eigenvalue weighted by Gasteiger charge is 2.30. The predicted molar refractivity (Wildman–Crippen MR) is 80.9 cm³/mol. The number of hydrogen-bond donors (Lipinski definition) is 1. The molecule has 0 atom stereocenters. The van der Waals surface area contributed by atoms with Crippen LogP contribution in [-0.2, 0) is 6.18 Å². The molecule has 0 spiro atoms. The number of alkyl halides is 3. The fourth-order valence-corrected chi connectivity index (χ4v) is 2.22.